The van der Waals surface area contributed by atoms with E-state index >= 15 is 0 Å². The first-order valence-electron chi connectivity index (χ1n) is 8.23. The largest absolute Gasteiger partial charge is 0.384 e. The van der Waals surface area contributed by atoms with Crippen molar-refractivity contribution in [2.75, 3.05) is 33.4 Å². The highest BCUT2D eigenvalue weighted by Crippen LogP contribution is 2.29. The molecule has 0 aromatic heterocycles. The van der Waals surface area contributed by atoms with Crippen LogP contribution in [0.4, 0.5) is 0 Å². The van der Waals surface area contributed by atoms with Crippen LogP contribution in [0.25, 0.3) is 0 Å². The SMILES string of the molecule is CCCCCCCCNC(=O)C1(COC)CCNCC1. The Morgan fingerprint density at radius 3 is 2.45 bits per heavy atom. The number of hydrogen-bond acceptors (Lipinski definition) is 3. The molecule has 1 saturated heterocycles. The number of piperidine rings is 1. The van der Waals surface area contributed by atoms with Crippen molar-refractivity contribution >= 4 is 5.91 Å². The molecule has 0 aromatic rings. The van der Waals surface area contributed by atoms with Gasteiger partial charge in [-0.2, -0.15) is 0 Å². The van der Waals surface area contributed by atoms with Crippen LogP contribution in [-0.2, 0) is 9.53 Å². The van der Waals surface area contributed by atoms with Crippen LogP contribution in [0.15, 0.2) is 0 Å². The molecule has 0 aromatic carbocycles. The molecular formula is C16H32N2O2. The molecule has 0 saturated carbocycles. The summed E-state index contributed by atoms with van der Waals surface area (Å²) in [5.74, 6) is 0.189. The number of methoxy groups -OCH3 is 1. The molecule has 1 amide bonds. The van der Waals surface area contributed by atoms with Crippen LogP contribution in [0.2, 0.25) is 0 Å². The van der Waals surface area contributed by atoms with Gasteiger partial charge in [0.05, 0.1) is 12.0 Å². The van der Waals surface area contributed by atoms with Crippen LogP contribution >= 0.6 is 0 Å². The molecule has 4 heteroatoms. The van der Waals surface area contributed by atoms with Gasteiger partial charge in [-0.1, -0.05) is 39.0 Å². The van der Waals surface area contributed by atoms with Crippen molar-refractivity contribution in [1.29, 1.82) is 0 Å². The summed E-state index contributed by atoms with van der Waals surface area (Å²) >= 11 is 0. The lowest BCUT2D eigenvalue weighted by molar-refractivity contribution is -0.136. The highest BCUT2D eigenvalue weighted by molar-refractivity contribution is 5.82. The molecule has 0 aliphatic carbocycles. The van der Waals surface area contributed by atoms with Gasteiger partial charge >= 0.3 is 0 Å². The van der Waals surface area contributed by atoms with E-state index in [1.54, 1.807) is 7.11 Å². The Balaban J connectivity index is 2.21. The van der Waals surface area contributed by atoms with E-state index in [1.807, 2.05) is 0 Å². The van der Waals surface area contributed by atoms with Gasteiger partial charge in [0.25, 0.3) is 0 Å². The van der Waals surface area contributed by atoms with Crippen LogP contribution in [0, 0.1) is 5.41 Å². The van der Waals surface area contributed by atoms with Gasteiger partial charge in [-0.15, -0.1) is 0 Å². The second-order valence-electron chi connectivity index (χ2n) is 5.99. The predicted molar refractivity (Wildman–Crippen MR) is 82.8 cm³/mol. The molecule has 0 spiro atoms. The number of hydrogen-bond donors (Lipinski definition) is 2. The van der Waals surface area contributed by atoms with E-state index in [2.05, 4.69) is 17.6 Å². The summed E-state index contributed by atoms with van der Waals surface area (Å²) < 4.78 is 5.29. The van der Waals surface area contributed by atoms with Gasteiger partial charge < -0.3 is 15.4 Å². The van der Waals surface area contributed by atoms with Crippen molar-refractivity contribution in [2.24, 2.45) is 5.41 Å². The summed E-state index contributed by atoms with van der Waals surface area (Å²) in [4.78, 5) is 12.4. The van der Waals surface area contributed by atoms with E-state index in [0.717, 1.165) is 38.9 Å². The van der Waals surface area contributed by atoms with Gasteiger partial charge in [0, 0.05) is 13.7 Å². The summed E-state index contributed by atoms with van der Waals surface area (Å²) in [6.07, 6.45) is 9.30. The maximum Gasteiger partial charge on any atom is 0.228 e. The van der Waals surface area contributed by atoms with Crippen molar-refractivity contribution in [2.45, 2.75) is 58.3 Å². The first-order chi connectivity index (χ1) is 9.75. The smallest absolute Gasteiger partial charge is 0.228 e. The van der Waals surface area contributed by atoms with E-state index < -0.39 is 0 Å². The average molecular weight is 284 g/mol. The molecule has 0 radical (unpaired) electrons. The minimum atomic E-state index is -0.303. The minimum absolute atomic E-state index is 0.189. The molecule has 118 valence electrons. The summed E-state index contributed by atoms with van der Waals surface area (Å²) in [7, 11) is 1.69. The van der Waals surface area contributed by atoms with Crippen molar-refractivity contribution in [3.8, 4) is 0 Å². The zero-order chi connectivity index (χ0) is 14.7. The van der Waals surface area contributed by atoms with E-state index in [9.17, 15) is 4.79 Å². The summed E-state index contributed by atoms with van der Waals surface area (Å²) in [5, 5.41) is 6.44. The van der Waals surface area contributed by atoms with Crippen LogP contribution in [0.3, 0.4) is 0 Å². The van der Waals surface area contributed by atoms with Crippen LogP contribution < -0.4 is 10.6 Å². The van der Waals surface area contributed by atoms with E-state index in [-0.39, 0.29) is 11.3 Å². The van der Waals surface area contributed by atoms with Gasteiger partial charge in [0.1, 0.15) is 0 Å². The Bertz CT molecular complexity index is 258. The quantitative estimate of drug-likeness (QED) is 0.606. The van der Waals surface area contributed by atoms with Gasteiger partial charge in [0.15, 0.2) is 0 Å². The highest BCUT2D eigenvalue weighted by Gasteiger charge is 2.39. The van der Waals surface area contributed by atoms with Crippen molar-refractivity contribution < 1.29 is 9.53 Å². The second kappa shape index (κ2) is 10.2. The van der Waals surface area contributed by atoms with Crippen molar-refractivity contribution in [3.05, 3.63) is 0 Å². The third-order valence-electron chi connectivity index (χ3n) is 4.28. The first-order valence-corrected chi connectivity index (χ1v) is 8.23. The first kappa shape index (κ1) is 17.4. The number of rotatable bonds is 10. The maximum atomic E-state index is 12.4. The molecule has 0 atom stereocenters. The number of carbonyl (C=O) groups excluding carboxylic acids is 1. The van der Waals surface area contributed by atoms with Crippen molar-refractivity contribution in [1.82, 2.24) is 10.6 Å². The maximum absolute atomic E-state index is 12.4. The Morgan fingerprint density at radius 1 is 1.15 bits per heavy atom. The summed E-state index contributed by atoms with van der Waals surface area (Å²) in [6, 6.07) is 0. The molecule has 1 rings (SSSR count). The Morgan fingerprint density at radius 2 is 1.80 bits per heavy atom. The number of nitrogens with one attached hydrogen (secondary N) is 2. The molecule has 2 N–H and O–H groups in total. The highest BCUT2D eigenvalue weighted by atomic mass is 16.5. The molecular weight excluding hydrogens is 252 g/mol. The third-order valence-corrected chi connectivity index (χ3v) is 4.28. The Hall–Kier alpha value is -0.610. The third kappa shape index (κ3) is 5.80. The van der Waals surface area contributed by atoms with Gasteiger partial charge in [-0.3, -0.25) is 4.79 Å². The molecule has 0 unspecified atom stereocenters. The number of carbonyl (C=O) groups is 1. The number of unbranched alkanes of at least 4 members (excludes halogenated alkanes) is 5. The monoisotopic (exact) mass is 284 g/mol. The summed E-state index contributed by atoms with van der Waals surface area (Å²) in [6.45, 7) is 5.40. The van der Waals surface area contributed by atoms with Crippen LogP contribution in [-0.4, -0.2) is 39.3 Å². The lowest BCUT2D eigenvalue weighted by Crippen LogP contribution is -2.50. The number of amides is 1. The molecule has 1 aliphatic heterocycles. The van der Waals surface area contributed by atoms with Crippen LogP contribution in [0.5, 0.6) is 0 Å². The van der Waals surface area contributed by atoms with Gasteiger partial charge in [0.2, 0.25) is 5.91 Å². The Kier molecular flexibility index (Phi) is 8.86. The van der Waals surface area contributed by atoms with Crippen molar-refractivity contribution in [3.63, 3.8) is 0 Å². The molecule has 1 aliphatic rings. The predicted octanol–water partition coefficient (Wildman–Crippen LogP) is 2.48. The summed E-state index contributed by atoms with van der Waals surface area (Å²) in [5.41, 5.74) is -0.303. The standard InChI is InChI=1S/C16H32N2O2/c1-3-4-5-6-7-8-11-18-15(19)16(14-20-2)9-12-17-13-10-16/h17H,3-14H2,1-2H3,(H,18,19). The van der Waals surface area contributed by atoms with E-state index in [0.29, 0.717) is 6.61 Å². The van der Waals surface area contributed by atoms with E-state index in [1.165, 1.54) is 32.1 Å². The lowest BCUT2D eigenvalue weighted by atomic mass is 9.78. The molecule has 4 nitrogen and oxygen atoms in total. The topological polar surface area (TPSA) is 50.4 Å². The average Bonchev–Trinajstić information content (AvgIpc) is 2.47. The number of ether oxygens (including phenoxy) is 1. The normalized spacial score (nSPS) is 17.9. The second-order valence-corrected chi connectivity index (χ2v) is 5.99. The van der Waals surface area contributed by atoms with E-state index in [4.69, 9.17) is 4.74 Å². The lowest BCUT2D eigenvalue weighted by Gasteiger charge is -2.35. The fourth-order valence-corrected chi connectivity index (χ4v) is 2.91. The molecule has 1 heterocycles. The van der Waals surface area contributed by atoms with Gasteiger partial charge in [-0.25, -0.2) is 0 Å². The van der Waals surface area contributed by atoms with Crippen LogP contribution in [0.1, 0.15) is 58.3 Å². The zero-order valence-corrected chi connectivity index (χ0v) is 13.3. The van der Waals surface area contributed by atoms with Gasteiger partial charge in [-0.05, 0) is 32.4 Å². The fraction of sp³-hybridized carbons (Fsp3) is 0.938. The fourth-order valence-electron chi connectivity index (χ4n) is 2.91. The molecule has 1 fully saturated rings. The molecule has 0 bridgehead atoms. The zero-order valence-electron chi connectivity index (χ0n) is 13.3. The minimum Gasteiger partial charge on any atom is -0.384 e. The Labute approximate surface area is 124 Å². The molecule has 20 heavy (non-hydrogen) atoms.